The predicted molar refractivity (Wildman–Crippen MR) is 109 cm³/mol. The summed E-state index contributed by atoms with van der Waals surface area (Å²) in [7, 11) is 0. The molecule has 0 aromatic heterocycles. The SMILES string of the molecule is O=C1C(=O)N(CCN2CCN(NCc3ccccc3C(F)(F)F)CC2)c2ccc(F)cc21. The van der Waals surface area contributed by atoms with E-state index in [1.54, 1.807) is 6.07 Å². The molecule has 2 aromatic carbocycles. The van der Waals surface area contributed by atoms with Gasteiger partial charge in [-0.05, 0) is 29.8 Å². The molecule has 2 aliphatic rings. The second kappa shape index (κ2) is 8.97. The number of rotatable bonds is 6. The molecule has 2 aliphatic heterocycles. The van der Waals surface area contributed by atoms with Crippen LogP contribution in [0.25, 0.3) is 0 Å². The number of carbonyl (C=O) groups excluding carboxylic acids is 2. The number of Topliss-reactive ketones (excluding diaryl/α,β-unsaturated/α-hetero) is 1. The van der Waals surface area contributed by atoms with Crippen LogP contribution in [-0.2, 0) is 17.5 Å². The molecule has 1 N–H and O–H groups in total. The molecule has 10 heteroatoms. The van der Waals surface area contributed by atoms with E-state index in [4.69, 9.17) is 0 Å². The molecular weight excluding hydrogens is 428 g/mol. The highest BCUT2D eigenvalue weighted by molar-refractivity contribution is 6.52. The maximum absolute atomic E-state index is 13.4. The van der Waals surface area contributed by atoms with Gasteiger partial charge in [0.15, 0.2) is 0 Å². The van der Waals surface area contributed by atoms with Crippen LogP contribution in [0.5, 0.6) is 0 Å². The summed E-state index contributed by atoms with van der Waals surface area (Å²) in [6.45, 7) is 3.41. The number of carbonyl (C=O) groups is 2. The highest BCUT2D eigenvalue weighted by Crippen LogP contribution is 2.32. The quantitative estimate of drug-likeness (QED) is 0.542. The number of hydrogen-bond acceptors (Lipinski definition) is 5. The minimum atomic E-state index is -4.39. The monoisotopic (exact) mass is 450 g/mol. The minimum Gasteiger partial charge on any atom is -0.303 e. The van der Waals surface area contributed by atoms with Crippen LogP contribution in [0.15, 0.2) is 42.5 Å². The predicted octanol–water partition coefficient (Wildman–Crippen LogP) is 2.70. The Labute approximate surface area is 182 Å². The number of anilines is 1. The molecule has 0 aliphatic carbocycles. The Morgan fingerprint density at radius 1 is 0.938 bits per heavy atom. The molecule has 6 nitrogen and oxygen atoms in total. The fourth-order valence-corrected chi connectivity index (χ4v) is 4.01. The van der Waals surface area contributed by atoms with Gasteiger partial charge in [0.1, 0.15) is 5.82 Å². The van der Waals surface area contributed by atoms with Gasteiger partial charge in [-0.25, -0.2) is 9.40 Å². The lowest BCUT2D eigenvalue weighted by Gasteiger charge is -2.35. The third-order valence-electron chi connectivity index (χ3n) is 5.76. The Bertz CT molecular complexity index is 1020. The molecule has 0 unspecified atom stereocenters. The van der Waals surface area contributed by atoms with Crippen LogP contribution < -0.4 is 10.3 Å². The van der Waals surface area contributed by atoms with E-state index < -0.39 is 29.2 Å². The van der Waals surface area contributed by atoms with E-state index in [1.165, 1.54) is 29.2 Å². The van der Waals surface area contributed by atoms with Crippen LogP contribution in [0, 0.1) is 5.82 Å². The fourth-order valence-electron chi connectivity index (χ4n) is 4.01. The fraction of sp³-hybridized carbons (Fsp3) is 0.364. The highest BCUT2D eigenvalue weighted by atomic mass is 19.4. The summed E-state index contributed by atoms with van der Waals surface area (Å²) in [6.07, 6.45) is -4.39. The summed E-state index contributed by atoms with van der Waals surface area (Å²) in [6, 6.07) is 9.24. The van der Waals surface area contributed by atoms with Crippen LogP contribution in [0.1, 0.15) is 21.5 Å². The standard InChI is InChI=1S/C22H22F4N4O2/c23-16-5-6-19-17(13-16)20(31)21(32)30(19)12-9-28-7-10-29(11-8-28)27-14-15-3-1-2-4-18(15)22(24,25)26/h1-6,13,27H,7-12,14H2. The van der Waals surface area contributed by atoms with Crippen LogP contribution in [0.2, 0.25) is 0 Å². The molecule has 32 heavy (non-hydrogen) atoms. The number of fused-ring (bicyclic) bond motifs is 1. The molecule has 0 radical (unpaired) electrons. The molecular formula is C22H22F4N4O2. The van der Waals surface area contributed by atoms with Crippen molar-refractivity contribution in [2.24, 2.45) is 0 Å². The van der Waals surface area contributed by atoms with Crippen LogP contribution in [0.3, 0.4) is 0 Å². The number of nitrogens with one attached hydrogen (secondary N) is 1. The number of amides is 1. The Hall–Kier alpha value is -2.82. The molecule has 170 valence electrons. The smallest absolute Gasteiger partial charge is 0.303 e. The van der Waals surface area contributed by atoms with Gasteiger partial charge in [-0.3, -0.25) is 19.9 Å². The summed E-state index contributed by atoms with van der Waals surface area (Å²) in [5, 5.41) is 1.88. The van der Waals surface area contributed by atoms with E-state index in [0.29, 0.717) is 45.0 Å². The van der Waals surface area contributed by atoms with E-state index in [2.05, 4.69) is 10.3 Å². The van der Waals surface area contributed by atoms with Crippen LogP contribution in [-0.4, -0.2) is 60.9 Å². The first-order chi connectivity index (χ1) is 15.2. The Kier molecular flexibility index (Phi) is 6.27. The number of ketones is 1. The Balaban J connectivity index is 1.27. The van der Waals surface area contributed by atoms with Gasteiger partial charge in [0.2, 0.25) is 0 Å². The third kappa shape index (κ3) is 4.67. The summed E-state index contributed by atoms with van der Waals surface area (Å²) >= 11 is 0. The van der Waals surface area contributed by atoms with Crippen LogP contribution in [0.4, 0.5) is 23.2 Å². The zero-order chi connectivity index (χ0) is 22.9. The van der Waals surface area contributed by atoms with Gasteiger partial charge in [-0.1, -0.05) is 18.2 Å². The van der Waals surface area contributed by atoms with Gasteiger partial charge in [-0.2, -0.15) is 13.2 Å². The van der Waals surface area contributed by atoms with Crippen molar-refractivity contribution in [3.05, 3.63) is 65.0 Å². The maximum atomic E-state index is 13.4. The lowest BCUT2D eigenvalue weighted by molar-refractivity contribution is -0.138. The second-order valence-corrected chi connectivity index (χ2v) is 7.77. The molecule has 2 heterocycles. The Morgan fingerprint density at radius 2 is 1.66 bits per heavy atom. The number of alkyl halides is 3. The highest BCUT2D eigenvalue weighted by Gasteiger charge is 2.36. The molecule has 0 bridgehead atoms. The first-order valence-corrected chi connectivity index (χ1v) is 10.3. The molecule has 1 fully saturated rings. The topological polar surface area (TPSA) is 55.9 Å². The van der Waals surface area contributed by atoms with E-state index in [0.717, 1.165) is 12.1 Å². The molecule has 4 rings (SSSR count). The van der Waals surface area contributed by atoms with Crippen molar-refractivity contribution in [1.82, 2.24) is 15.3 Å². The van der Waals surface area contributed by atoms with Crippen molar-refractivity contribution in [1.29, 1.82) is 0 Å². The molecule has 2 aromatic rings. The van der Waals surface area contributed by atoms with Gasteiger partial charge in [0.25, 0.3) is 11.7 Å². The Morgan fingerprint density at radius 3 is 2.38 bits per heavy atom. The van der Waals surface area contributed by atoms with Gasteiger partial charge < -0.3 is 4.90 Å². The van der Waals surface area contributed by atoms with Gasteiger partial charge >= 0.3 is 6.18 Å². The first-order valence-electron chi connectivity index (χ1n) is 10.3. The zero-order valence-electron chi connectivity index (χ0n) is 17.2. The zero-order valence-corrected chi connectivity index (χ0v) is 17.2. The average Bonchev–Trinajstić information content (AvgIpc) is 3.00. The second-order valence-electron chi connectivity index (χ2n) is 7.77. The summed E-state index contributed by atoms with van der Waals surface area (Å²) in [4.78, 5) is 27.8. The van der Waals surface area contributed by atoms with Crippen molar-refractivity contribution < 1.29 is 27.2 Å². The van der Waals surface area contributed by atoms with E-state index in [9.17, 15) is 27.2 Å². The van der Waals surface area contributed by atoms with Crippen molar-refractivity contribution in [2.45, 2.75) is 12.7 Å². The third-order valence-corrected chi connectivity index (χ3v) is 5.76. The number of hydrogen-bond donors (Lipinski definition) is 1. The number of piperazine rings is 1. The maximum Gasteiger partial charge on any atom is 0.416 e. The van der Waals surface area contributed by atoms with E-state index >= 15 is 0 Å². The lowest BCUT2D eigenvalue weighted by atomic mass is 10.1. The van der Waals surface area contributed by atoms with Gasteiger partial charge in [0, 0.05) is 45.8 Å². The van der Waals surface area contributed by atoms with Gasteiger partial charge in [-0.15, -0.1) is 0 Å². The normalized spacial score (nSPS) is 17.8. The van der Waals surface area contributed by atoms with Crippen molar-refractivity contribution in [3.63, 3.8) is 0 Å². The molecule has 0 spiro atoms. The average molecular weight is 450 g/mol. The molecule has 0 atom stereocenters. The largest absolute Gasteiger partial charge is 0.416 e. The van der Waals surface area contributed by atoms with Gasteiger partial charge in [0.05, 0.1) is 16.8 Å². The molecule has 0 saturated carbocycles. The first kappa shape index (κ1) is 22.4. The summed E-state index contributed by atoms with van der Waals surface area (Å²) in [5.41, 5.74) is 3.12. The minimum absolute atomic E-state index is 0.0768. The van der Waals surface area contributed by atoms with E-state index in [1.807, 2.05) is 5.01 Å². The number of nitrogens with zero attached hydrogens (tertiary/aromatic N) is 3. The summed E-state index contributed by atoms with van der Waals surface area (Å²) < 4.78 is 52.8. The number of halogens is 4. The molecule has 1 amide bonds. The van der Waals surface area contributed by atoms with Crippen molar-refractivity contribution in [2.75, 3.05) is 44.2 Å². The number of hydrazine groups is 1. The lowest BCUT2D eigenvalue weighted by Crippen LogP contribution is -2.53. The number of benzene rings is 2. The summed E-state index contributed by atoms with van der Waals surface area (Å²) in [5.74, 6) is -1.92. The molecule has 1 saturated heterocycles. The van der Waals surface area contributed by atoms with Crippen LogP contribution >= 0.6 is 0 Å². The van der Waals surface area contributed by atoms with Crippen molar-refractivity contribution >= 4 is 17.4 Å². The van der Waals surface area contributed by atoms with Crippen molar-refractivity contribution in [3.8, 4) is 0 Å². The van der Waals surface area contributed by atoms with E-state index in [-0.39, 0.29) is 17.7 Å².